The van der Waals surface area contributed by atoms with Crippen LogP contribution in [-0.4, -0.2) is 40.4 Å². The summed E-state index contributed by atoms with van der Waals surface area (Å²) in [6.45, 7) is 4.91. The SMILES string of the molecule is CCc1cc(=O)n2nc(N3CCC(C4CCCO4)CC3)sc2n1. The smallest absolute Gasteiger partial charge is 0.275 e. The highest BCUT2D eigenvalue weighted by Gasteiger charge is 2.30. The summed E-state index contributed by atoms with van der Waals surface area (Å²) >= 11 is 1.52. The molecule has 0 amide bonds. The Balaban J connectivity index is 1.51. The van der Waals surface area contributed by atoms with Crippen molar-refractivity contribution in [3.8, 4) is 0 Å². The third-order valence-corrected chi connectivity index (χ3v) is 5.92. The van der Waals surface area contributed by atoms with Gasteiger partial charge < -0.3 is 9.64 Å². The van der Waals surface area contributed by atoms with Gasteiger partial charge >= 0.3 is 0 Å². The number of fused-ring (bicyclic) bond motifs is 1. The second-order valence-corrected chi connectivity index (χ2v) is 7.33. The van der Waals surface area contributed by atoms with E-state index in [0.29, 0.717) is 17.0 Å². The minimum absolute atomic E-state index is 0.0800. The van der Waals surface area contributed by atoms with Crippen LogP contribution in [0.5, 0.6) is 0 Å². The minimum Gasteiger partial charge on any atom is -0.378 e. The summed E-state index contributed by atoms with van der Waals surface area (Å²) in [6, 6.07) is 1.58. The highest BCUT2D eigenvalue weighted by molar-refractivity contribution is 7.20. The van der Waals surface area contributed by atoms with Crippen LogP contribution in [0.4, 0.5) is 5.13 Å². The highest BCUT2D eigenvalue weighted by Crippen LogP contribution is 2.32. The van der Waals surface area contributed by atoms with E-state index in [9.17, 15) is 4.79 Å². The molecule has 2 aromatic rings. The Morgan fingerprint density at radius 2 is 2.17 bits per heavy atom. The van der Waals surface area contributed by atoms with Gasteiger partial charge in [0, 0.05) is 31.5 Å². The third-order valence-electron chi connectivity index (χ3n) is 4.95. The van der Waals surface area contributed by atoms with Gasteiger partial charge in [0.25, 0.3) is 5.56 Å². The second-order valence-electron chi connectivity index (χ2n) is 6.39. The molecule has 2 aliphatic heterocycles. The number of hydrogen-bond donors (Lipinski definition) is 0. The summed E-state index contributed by atoms with van der Waals surface area (Å²) in [6.07, 6.45) is 5.93. The van der Waals surface area contributed by atoms with Gasteiger partial charge in [0.1, 0.15) is 0 Å². The van der Waals surface area contributed by atoms with Crippen molar-refractivity contribution in [3.63, 3.8) is 0 Å². The fourth-order valence-corrected chi connectivity index (χ4v) is 4.57. The summed E-state index contributed by atoms with van der Waals surface area (Å²) in [5, 5.41) is 5.40. The number of ether oxygens (including phenoxy) is 1. The van der Waals surface area contributed by atoms with Crippen LogP contribution in [-0.2, 0) is 11.2 Å². The number of rotatable bonds is 3. The van der Waals surface area contributed by atoms with E-state index >= 15 is 0 Å². The van der Waals surface area contributed by atoms with Crippen LogP contribution in [0.25, 0.3) is 4.96 Å². The molecule has 2 aliphatic rings. The van der Waals surface area contributed by atoms with Gasteiger partial charge in [-0.25, -0.2) is 4.98 Å². The Labute approximate surface area is 139 Å². The summed E-state index contributed by atoms with van der Waals surface area (Å²) in [7, 11) is 0. The zero-order valence-electron chi connectivity index (χ0n) is 13.4. The van der Waals surface area contributed by atoms with Crippen molar-refractivity contribution in [2.75, 3.05) is 24.6 Å². The van der Waals surface area contributed by atoms with E-state index in [1.165, 1.54) is 28.7 Å². The van der Waals surface area contributed by atoms with Gasteiger partial charge in [-0.2, -0.15) is 4.52 Å². The lowest BCUT2D eigenvalue weighted by molar-refractivity contribution is 0.0531. The molecule has 7 heteroatoms. The Kier molecular flexibility index (Phi) is 4.07. The molecule has 0 bridgehead atoms. The van der Waals surface area contributed by atoms with Crippen LogP contribution < -0.4 is 10.5 Å². The molecule has 2 aromatic heterocycles. The average Bonchev–Trinajstić information content (AvgIpc) is 3.24. The molecule has 0 spiro atoms. The van der Waals surface area contributed by atoms with Crippen molar-refractivity contribution in [2.24, 2.45) is 5.92 Å². The predicted molar refractivity (Wildman–Crippen MR) is 90.4 cm³/mol. The molecule has 6 nitrogen and oxygen atoms in total. The second kappa shape index (κ2) is 6.20. The quantitative estimate of drug-likeness (QED) is 0.860. The van der Waals surface area contributed by atoms with Crippen molar-refractivity contribution < 1.29 is 4.74 Å². The van der Waals surface area contributed by atoms with Gasteiger partial charge in [-0.05, 0) is 38.0 Å². The van der Waals surface area contributed by atoms with Gasteiger partial charge in [0.05, 0.1) is 6.10 Å². The molecule has 2 fully saturated rings. The van der Waals surface area contributed by atoms with E-state index in [1.54, 1.807) is 6.07 Å². The van der Waals surface area contributed by atoms with Gasteiger partial charge in [0.15, 0.2) is 0 Å². The number of anilines is 1. The molecule has 1 atom stereocenters. The van der Waals surface area contributed by atoms with Crippen LogP contribution in [0.2, 0.25) is 0 Å². The van der Waals surface area contributed by atoms with Crippen molar-refractivity contribution >= 4 is 21.4 Å². The van der Waals surface area contributed by atoms with Crippen LogP contribution in [0.1, 0.15) is 38.3 Å². The molecule has 0 N–H and O–H groups in total. The van der Waals surface area contributed by atoms with Crippen LogP contribution in [0.15, 0.2) is 10.9 Å². The van der Waals surface area contributed by atoms with Gasteiger partial charge in [0.2, 0.25) is 10.1 Å². The number of piperidine rings is 1. The molecule has 4 heterocycles. The summed E-state index contributed by atoms with van der Waals surface area (Å²) in [4.78, 5) is 19.6. The molecule has 0 radical (unpaired) electrons. The number of nitrogens with zero attached hydrogens (tertiary/aromatic N) is 4. The Hall–Kier alpha value is -1.47. The van der Waals surface area contributed by atoms with Crippen molar-refractivity contribution in [3.05, 3.63) is 22.1 Å². The van der Waals surface area contributed by atoms with Crippen molar-refractivity contribution in [2.45, 2.75) is 45.1 Å². The molecular weight excluding hydrogens is 312 g/mol. The number of hydrogen-bond acceptors (Lipinski definition) is 6. The maximum Gasteiger partial charge on any atom is 0.275 e. The van der Waals surface area contributed by atoms with E-state index in [1.807, 2.05) is 6.92 Å². The van der Waals surface area contributed by atoms with Gasteiger partial charge in [-0.1, -0.05) is 18.3 Å². The molecule has 23 heavy (non-hydrogen) atoms. The minimum atomic E-state index is -0.0800. The summed E-state index contributed by atoms with van der Waals surface area (Å²) in [5.74, 6) is 0.677. The van der Waals surface area contributed by atoms with Gasteiger partial charge in [-0.15, -0.1) is 5.10 Å². The molecule has 4 rings (SSSR count). The van der Waals surface area contributed by atoms with E-state index in [2.05, 4.69) is 15.0 Å². The lowest BCUT2D eigenvalue weighted by Crippen LogP contribution is -2.37. The normalized spacial score (nSPS) is 23.0. The standard InChI is InChI=1S/C16H22N4O2S/c1-2-12-10-14(21)20-15(17-12)23-16(18-20)19-7-5-11(6-8-19)13-4-3-9-22-13/h10-11,13H,2-9H2,1H3. The lowest BCUT2D eigenvalue weighted by atomic mass is 9.90. The first-order valence-corrected chi connectivity index (χ1v) is 9.32. The summed E-state index contributed by atoms with van der Waals surface area (Å²) < 4.78 is 7.27. The predicted octanol–water partition coefficient (Wildman–Crippen LogP) is 2.11. The zero-order chi connectivity index (χ0) is 15.8. The van der Waals surface area contributed by atoms with Crippen molar-refractivity contribution in [1.29, 1.82) is 0 Å². The Bertz CT molecular complexity index is 742. The number of aryl methyl sites for hydroxylation is 1. The Morgan fingerprint density at radius 3 is 2.87 bits per heavy atom. The first kappa shape index (κ1) is 15.1. The monoisotopic (exact) mass is 334 g/mol. The first-order valence-electron chi connectivity index (χ1n) is 8.51. The van der Waals surface area contributed by atoms with E-state index in [0.717, 1.165) is 49.8 Å². The van der Waals surface area contributed by atoms with Crippen LogP contribution in [0.3, 0.4) is 0 Å². The van der Waals surface area contributed by atoms with E-state index in [4.69, 9.17) is 4.74 Å². The van der Waals surface area contributed by atoms with Gasteiger partial charge in [-0.3, -0.25) is 4.79 Å². The molecule has 2 saturated heterocycles. The lowest BCUT2D eigenvalue weighted by Gasteiger charge is -2.33. The van der Waals surface area contributed by atoms with Crippen LogP contribution in [0, 0.1) is 5.92 Å². The zero-order valence-corrected chi connectivity index (χ0v) is 14.2. The fraction of sp³-hybridized carbons (Fsp3) is 0.688. The maximum atomic E-state index is 12.1. The topological polar surface area (TPSA) is 59.7 Å². The first-order chi connectivity index (χ1) is 11.2. The van der Waals surface area contributed by atoms with Crippen LogP contribution >= 0.6 is 11.3 Å². The molecule has 124 valence electrons. The fourth-order valence-electron chi connectivity index (χ4n) is 3.59. The third kappa shape index (κ3) is 2.87. The average molecular weight is 334 g/mol. The number of aromatic nitrogens is 3. The summed E-state index contributed by atoms with van der Waals surface area (Å²) in [5.41, 5.74) is 0.755. The molecule has 0 saturated carbocycles. The Morgan fingerprint density at radius 1 is 1.35 bits per heavy atom. The van der Waals surface area contributed by atoms with Crippen molar-refractivity contribution in [1.82, 2.24) is 14.6 Å². The maximum absolute atomic E-state index is 12.1. The highest BCUT2D eigenvalue weighted by atomic mass is 32.1. The van der Waals surface area contributed by atoms with E-state index < -0.39 is 0 Å². The molecule has 1 unspecified atom stereocenters. The largest absolute Gasteiger partial charge is 0.378 e. The van der Waals surface area contributed by atoms with E-state index in [-0.39, 0.29) is 5.56 Å². The molecular formula is C16H22N4O2S. The molecule has 0 aromatic carbocycles. The molecule has 0 aliphatic carbocycles.